The minimum Gasteiger partial charge on any atom is -0.469 e. The third kappa shape index (κ3) is 2.95. The number of halogens is 1. The van der Waals surface area contributed by atoms with Gasteiger partial charge in [-0.2, -0.15) is 0 Å². The summed E-state index contributed by atoms with van der Waals surface area (Å²) in [7, 11) is 1.39. The second-order valence-corrected chi connectivity index (χ2v) is 8.55. The van der Waals surface area contributed by atoms with Crippen molar-refractivity contribution in [3.05, 3.63) is 33.8 Å². The van der Waals surface area contributed by atoms with Gasteiger partial charge in [0.1, 0.15) is 5.60 Å². The summed E-state index contributed by atoms with van der Waals surface area (Å²) in [6.45, 7) is 3.19. The van der Waals surface area contributed by atoms with E-state index < -0.39 is 23.7 Å². The van der Waals surface area contributed by atoms with Gasteiger partial charge in [0.15, 0.2) is 0 Å². The van der Waals surface area contributed by atoms with E-state index in [1.807, 2.05) is 6.07 Å². The van der Waals surface area contributed by atoms with Crippen LogP contribution in [0.5, 0.6) is 0 Å². The van der Waals surface area contributed by atoms with E-state index in [-0.39, 0.29) is 17.8 Å². The molecular weight excluding hydrogens is 356 g/mol. The normalized spacial score (nSPS) is 33.0. The summed E-state index contributed by atoms with van der Waals surface area (Å²) < 4.78 is 4.99. The van der Waals surface area contributed by atoms with Crippen LogP contribution in [0.25, 0.3) is 0 Å². The maximum Gasteiger partial charge on any atom is 0.309 e. The summed E-state index contributed by atoms with van der Waals surface area (Å²) in [6, 6.07) is 3.68. The van der Waals surface area contributed by atoms with Gasteiger partial charge in [-0.3, -0.25) is 4.79 Å². The van der Waals surface area contributed by atoms with E-state index in [0.29, 0.717) is 29.8 Å². The van der Waals surface area contributed by atoms with Crippen LogP contribution in [-0.4, -0.2) is 41.1 Å². The highest BCUT2D eigenvalue weighted by Crippen LogP contribution is 2.54. The summed E-state index contributed by atoms with van der Waals surface area (Å²) in [5.74, 6) is -0.527. The lowest BCUT2D eigenvalue weighted by atomic mass is 9.54. The van der Waals surface area contributed by atoms with Gasteiger partial charge in [-0.05, 0) is 55.1 Å². The predicted molar refractivity (Wildman–Crippen MR) is 98.0 cm³/mol. The highest BCUT2D eigenvalue weighted by Gasteiger charge is 2.52. The van der Waals surface area contributed by atoms with Crippen molar-refractivity contribution in [3.63, 3.8) is 0 Å². The molecule has 0 bridgehead atoms. The maximum atomic E-state index is 12.3. The second kappa shape index (κ2) is 6.79. The number of ether oxygens (including phenoxy) is 1. The highest BCUT2D eigenvalue weighted by atomic mass is 35.5. The number of aliphatic hydroxyl groups excluding tert-OH is 2. The first-order chi connectivity index (χ1) is 12.2. The largest absolute Gasteiger partial charge is 0.469 e. The van der Waals surface area contributed by atoms with Gasteiger partial charge in [-0.15, -0.1) is 0 Å². The van der Waals surface area contributed by atoms with Crippen molar-refractivity contribution in [2.45, 2.75) is 56.7 Å². The average molecular weight is 383 g/mol. The molecule has 1 aromatic carbocycles. The second-order valence-electron chi connectivity index (χ2n) is 8.17. The lowest BCUT2D eigenvalue weighted by Gasteiger charge is -2.51. The van der Waals surface area contributed by atoms with E-state index in [0.717, 1.165) is 17.5 Å². The van der Waals surface area contributed by atoms with Gasteiger partial charge in [0.05, 0.1) is 30.8 Å². The van der Waals surface area contributed by atoms with Crippen molar-refractivity contribution >= 4 is 17.6 Å². The Balaban J connectivity index is 2.10. The molecule has 1 aromatic rings. The van der Waals surface area contributed by atoms with Gasteiger partial charge in [0, 0.05) is 5.56 Å². The molecule has 5 atom stereocenters. The number of carbonyl (C=O) groups excluding carboxylic acids is 1. The maximum absolute atomic E-state index is 12.3. The SMILES string of the molecule is COC(=O)C1CC(O)CC2(C)c3ccc(C(C)(O)CO)c(Cl)c3CCC12. The van der Waals surface area contributed by atoms with Crippen LogP contribution < -0.4 is 0 Å². The smallest absolute Gasteiger partial charge is 0.309 e. The number of esters is 1. The van der Waals surface area contributed by atoms with Crippen molar-refractivity contribution in [1.29, 1.82) is 0 Å². The van der Waals surface area contributed by atoms with Crippen LogP contribution in [0, 0.1) is 11.8 Å². The van der Waals surface area contributed by atoms with Gasteiger partial charge in [0.2, 0.25) is 0 Å². The number of hydrogen-bond acceptors (Lipinski definition) is 5. The van der Waals surface area contributed by atoms with Crippen molar-refractivity contribution < 1.29 is 24.9 Å². The summed E-state index contributed by atoms with van der Waals surface area (Å²) >= 11 is 6.62. The molecule has 144 valence electrons. The van der Waals surface area contributed by atoms with E-state index in [2.05, 4.69) is 6.92 Å². The van der Waals surface area contributed by atoms with Crippen LogP contribution in [0.15, 0.2) is 12.1 Å². The summed E-state index contributed by atoms with van der Waals surface area (Å²) in [5.41, 5.74) is 0.656. The molecule has 5 nitrogen and oxygen atoms in total. The van der Waals surface area contributed by atoms with Crippen molar-refractivity contribution in [2.75, 3.05) is 13.7 Å². The Morgan fingerprint density at radius 3 is 2.77 bits per heavy atom. The number of carbonyl (C=O) groups is 1. The number of fused-ring (bicyclic) bond motifs is 3. The van der Waals surface area contributed by atoms with Crippen LogP contribution in [-0.2, 0) is 27.0 Å². The highest BCUT2D eigenvalue weighted by molar-refractivity contribution is 6.32. The Bertz CT molecular complexity index is 716. The van der Waals surface area contributed by atoms with E-state index in [1.165, 1.54) is 14.0 Å². The Kier molecular flexibility index (Phi) is 5.12. The molecule has 3 N–H and O–H groups in total. The summed E-state index contributed by atoms with van der Waals surface area (Å²) in [5, 5.41) is 30.8. The Hall–Kier alpha value is -1.14. The first-order valence-corrected chi connectivity index (χ1v) is 9.45. The molecule has 0 heterocycles. The molecule has 0 amide bonds. The zero-order chi connectivity index (χ0) is 19.3. The average Bonchev–Trinajstić information content (AvgIpc) is 2.60. The number of aliphatic hydroxyl groups is 3. The zero-order valence-corrected chi connectivity index (χ0v) is 16.2. The quantitative estimate of drug-likeness (QED) is 0.698. The molecule has 0 radical (unpaired) electrons. The fraction of sp³-hybridized carbons (Fsp3) is 0.650. The van der Waals surface area contributed by atoms with E-state index in [1.54, 1.807) is 6.07 Å². The lowest BCUT2D eigenvalue weighted by Crippen LogP contribution is -2.50. The Morgan fingerprint density at radius 1 is 1.46 bits per heavy atom. The fourth-order valence-electron chi connectivity index (χ4n) is 5.07. The van der Waals surface area contributed by atoms with Gasteiger partial charge < -0.3 is 20.1 Å². The van der Waals surface area contributed by atoms with Crippen molar-refractivity contribution in [3.8, 4) is 0 Å². The van der Waals surface area contributed by atoms with Crippen molar-refractivity contribution in [2.24, 2.45) is 11.8 Å². The van der Waals surface area contributed by atoms with Gasteiger partial charge in [-0.1, -0.05) is 30.7 Å². The van der Waals surface area contributed by atoms with E-state index in [9.17, 15) is 20.1 Å². The minimum absolute atomic E-state index is 0.0751. The van der Waals surface area contributed by atoms with Crippen molar-refractivity contribution in [1.82, 2.24) is 0 Å². The Labute approximate surface area is 158 Å². The predicted octanol–water partition coefficient (Wildman–Crippen LogP) is 2.30. The molecule has 1 fully saturated rings. The number of benzene rings is 1. The standard InChI is InChI=1S/C20H27ClO5/c1-19-9-11(23)8-13(18(24)26-3)15(19)5-4-12-14(19)6-7-16(17(12)21)20(2,25)10-22/h6-7,11,13,15,22-23,25H,4-5,8-10H2,1-3H3. The fourth-order valence-corrected chi connectivity index (χ4v) is 5.53. The first-order valence-electron chi connectivity index (χ1n) is 9.07. The summed E-state index contributed by atoms with van der Waals surface area (Å²) in [4.78, 5) is 12.3. The van der Waals surface area contributed by atoms with Gasteiger partial charge in [0.25, 0.3) is 0 Å². The lowest BCUT2D eigenvalue weighted by molar-refractivity contribution is -0.153. The third-order valence-corrected chi connectivity index (χ3v) is 6.88. The van der Waals surface area contributed by atoms with Gasteiger partial charge in [-0.25, -0.2) is 0 Å². The molecule has 0 spiro atoms. The first kappa shape index (κ1) is 19.6. The van der Waals surface area contributed by atoms with Crippen LogP contribution >= 0.6 is 11.6 Å². The number of methoxy groups -OCH3 is 1. The molecule has 0 aliphatic heterocycles. The minimum atomic E-state index is -1.41. The van der Waals surface area contributed by atoms with Crippen LogP contribution in [0.1, 0.15) is 49.8 Å². The molecule has 1 saturated carbocycles. The topological polar surface area (TPSA) is 87.0 Å². The van der Waals surface area contributed by atoms with Crippen LogP contribution in [0.3, 0.4) is 0 Å². The van der Waals surface area contributed by atoms with Crippen LogP contribution in [0.2, 0.25) is 5.02 Å². The summed E-state index contributed by atoms with van der Waals surface area (Å²) in [6.07, 6.45) is 1.86. The number of hydrogen-bond donors (Lipinski definition) is 3. The van der Waals surface area contributed by atoms with E-state index >= 15 is 0 Å². The molecule has 2 aliphatic rings. The molecular formula is C20H27ClO5. The van der Waals surface area contributed by atoms with E-state index in [4.69, 9.17) is 16.3 Å². The van der Waals surface area contributed by atoms with Crippen LogP contribution in [0.4, 0.5) is 0 Å². The molecule has 2 aliphatic carbocycles. The Morgan fingerprint density at radius 2 is 2.15 bits per heavy atom. The number of rotatable bonds is 3. The zero-order valence-electron chi connectivity index (χ0n) is 15.5. The molecule has 3 rings (SSSR count). The third-order valence-electron chi connectivity index (χ3n) is 6.45. The molecule has 26 heavy (non-hydrogen) atoms. The molecule has 0 aromatic heterocycles. The monoisotopic (exact) mass is 382 g/mol. The molecule has 5 unspecified atom stereocenters. The van der Waals surface area contributed by atoms with Gasteiger partial charge >= 0.3 is 5.97 Å². The molecule has 0 saturated heterocycles. The molecule has 6 heteroatoms.